The molecule has 0 spiro atoms. The van der Waals surface area contributed by atoms with Crippen LogP contribution in [-0.2, 0) is 10.4 Å². The number of hydrogen-bond acceptors (Lipinski definition) is 2. The summed E-state index contributed by atoms with van der Waals surface area (Å²) >= 11 is 0. The van der Waals surface area contributed by atoms with E-state index in [0.29, 0.717) is 0 Å². The second-order valence-electron chi connectivity index (χ2n) is 4.09. The molecule has 0 fully saturated rings. The molecule has 1 N–H and O–H groups in total. The highest BCUT2D eigenvalue weighted by atomic mass is 19.4. The van der Waals surface area contributed by atoms with Crippen molar-refractivity contribution in [3.63, 3.8) is 0 Å². The molecule has 0 aliphatic heterocycles. The van der Waals surface area contributed by atoms with E-state index >= 15 is 0 Å². The summed E-state index contributed by atoms with van der Waals surface area (Å²) in [6.07, 6.45) is -5.03. The van der Waals surface area contributed by atoms with Crippen molar-refractivity contribution in [2.75, 3.05) is 0 Å². The number of rotatable bonds is 3. The molecule has 2 nitrogen and oxygen atoms in total. The highest BCUT2D eigenvalue weighted by molar-refractivity contribution is 5.90. The van der Waals surface area contributed by atoms with Crippen molar-refractivity contribution >= 4 is 5.78 Å². The van der Waals surface area contributed by atoms with Gasteiger partial charge in [-0.25, -0.2) is 0 Å². The molecule has 0 aromatic heterocycles. The van der Waals surface area contributed by atoms with Crippen LogP contribution < -0.4 is 0 Å². The van der Waals surface area contributed by atoms with Crippen molar-refractivity contribution < 1.29 is 23.1 Å². The minimum atomic E-state index is -5.03. The Balaban J connectivity index is 3.36. The molecule has 1 rings (SSSR count). The summed E-state index contributed by atoms with van der Waals surface area (Å²) < 4.78 is 38.8. The lowest BCUT2D eigenvalue weighted by Crippen LogP contribution is -2.50. The highest BCUT2D eigenvalue weighted by Gasteiger charge is 2.60. The van der Waals surface area contributed by atoms with Crippen LogP contribution in [0.3, 0.4) is 0 Å². The Morgan fingerprint density at radius 1 is 1.18 bits per heavy atom. The Morgan fingerprint density at radius 3 is 2.00 bits per heavy atom. The van der Waals surface area contributed by atoms with Gasteiger partial charge in [-0.05, 0) is 0 Å². The molecule has 1 aromatic rings. The first-order valence-electron chi connectivity index (χ1n) is 5.10. The molecule has 0 radical (unpaired) electrons. The Hall–Kier alpha value is -1.36. The maximum Gasteiger partial charge on any atom is 0.428 e. The van der Waals surface area contributed by atoms with Crippen LogP contribution in [-0.4, -0.2) is 17.1 Å². The fourth-order valence-corrected chi connectivity index (χ4v) is 1.54. The predicted octanol–water partition coefficient (Wildman–Crippen LogP) is 2.66. The van der Waals surface area contributed by atoms with Crippen molar-refractivity contribution in [3.05, 3.63) is 35.9 Å². The summed E-state index contributed by atoms with van der Waals surface area (Å²) in [7, 11) is 0. The van der Waals surface area contributed by atoms with Gasteiger partial charge in [0.2, 0.25) is 5.60 Å². The second-order valence-corrected chi connectivity index (χ2v) is 4.09. The average Bonchev–Trinajstić information content (AvgIpc) is 2.26. The standard InChI is InChI=1S/C12H13F3O2/c1-8(2)10(16)11(17,12(13,14)15)9-6-4-3-5-7-9/h3-8,17H,1-2H3. The predicted molar refractivity (Wildman–Crippen MR) is 56.2 cm³/mol. The largest absolute Gasteiger partial charge is 0.428 e. The van der Waals surface area contributed by atoms with E-state index in [4.69, 9.17) is 0 Å². The summed E-state index contributed by atoms with van der Waals surface area (Å²) in [6.45, 7) is 2.64. The summed E-state index contributed by atoms with van der Waals surface area (Å²) in [6, 6.07) is 6.39. The summed E-state index contributed by atoms with van der Waals surface area (Å²) in [5.74, 6) is -2.17. The molecule has 0 heterocycles. The number of benzene rings is 1. The van der Waals surface area contributed by atoms with Gasteiger partial charge in [0, 0.05) is 11.5 Å². The maximum atomic E-state index is 12.9. The second kappa shape index (κ2) is 4.49. The fourth-order valence-electron chi connectivity index (χ4n) is 1.54. The molecule has 0 amide bonds. The normalized spacial score (nSPS) is 15.7. The molecular formula is C12H13F3O2. The lowest BCUT2D eigenvalue weighted by molar-refractivity contribution is -0.257. The van der Waals surface area contributed by atoms with Crippen LogP contribution in [0.5, 0.6) is 0 Å². The molecule has 0 aliphatic carbocycles. The quantitative estimate of drug-likeness (QED) is 0.890. The molecule has 17 heavy (non-hydrogen) atoms. The summed E-state index contributed by atoms with van der Waals surface area (Å²) in [5, 5.41) is 9.78. The van der Waals surface area contributed by atoms with E-state index in [1.807, 2.05) is 0 Å². The molecule has 1 aromatic carbocycles. The van der Waals surface area contributed by atoms with E-state index in [2.05, 4.69) is 0 Å². The van der Waals surface area contributed by atoms with Gasteiger partial charge in [0.25, 0.3) is 0 Å². The molecule has 94 valence electrons. The van der Waals surface area contributed by atoms with Gasteiger partial charge in [0.1, 0.15) is 0 Å². The lowest BCUT2D eigenvalue weighted by atomic mass is 9.84. The number of carbonyl (C=O) groups is 1. The molecule has 0 saturated heterocycles. The molecule has 5 heteroatoms. The summed E-state index contributed by atoms with van der Waals surface area (Å²) in [5.41, 5.74) is -3.88. The first-order chi connectivity index (χ1) is 7.71. The van der Waals surface area contributed by atoms with Gasteiger partial charge in [0.05, 0.1) is 0 Å². The van der Waals surface area contributed by atoms with Crippen LogP contribution in [0.2, 0.25) is 0 Å². The van der Waals surface area contributed by atoms with E-state index in [-0.39, 0.29) is 0 Å². The molecular weight excluding hydrogens is 233 g/mol. The molecule has 1 unspecified atom stereocenters. The van der Waals surface area contributed by atoms with Crippen molar-refractivity contribution in [1.29, 1.82) is 0 Å². The first-order valence-corrected chi connectivity index (χ1v) is 5.10. The Morgan fingerprint density at radius 2 is 1.65 bits per heavy atom. The average molecular weight is 246 g/mol. The third kappa shape index (κ3) is 2.34. The Bertz CT molecular complexity index is 398. The maximum absolute atomic E-state index is 12.9. The number of halogens is 3. The number of carbonyl (C=O) groups excluding carboxylic acids is 1. The van der Waals surface area contributed by atoms with Crippen molar-refractivity contribution in [2.45, 2.75) is 25.6 Å². The lowest BCUT2D eigenvalue weighted by Gasteiger charge is -2.30. The Labute approximate surface area is 97.1 Å². The fraction of sp³-hybridized carbons (Fsp3) is 0.417. The van der Waals surface area contributed by atoms with Gasteiger partial charge < -0.3 is 5.11 Å². The van der Waals surface area contributed by atoms with E-state index in [0.717, 1.165) is 12.1 Å². The molecule has 1 atom stereocenters. The van der Waals surface area contributed by atoms with E-state index in [1.165, 1.54) is 32.0 Å². The van der Waals surface area contributed by atoms with Gasteiger partial charge >= 0.3 is 6.18 Å². The third-order valence-electron chi connectivity index (χ3n) is 2.48. The number of hydrogen-bond donors (Lipinski definition) is 1. The number of Topliss-reactive ketones (excluding diaryl/α,β-unsaturated/α-hetero) is 1. The van der Waals surface area contributed by atoms with E-state index < -0.39 is 29.0 Å². The first kappa shape index (κ1) is 13.7. The van der Waals surface area contributed by atoms with Crippen LogP contribution in [0.1, 0.15) is 19.4 Å². The van der Waals surface area contributed by atoms with Crippen LogP contribution >= 0.6 is 0 Å². The van der Waals surface area contributed by atoms with Crippen molar-refractivity contribution in [1.82, 2.24) is 0 Å². The molecule has 0 saturated carbocycles. The Kier molecular flexibility index (Phi) is 3.62. The zero-order valence-electron chi connectivity index (χ0n) is 9.45. The topological polar surface area (TPSA) is 37.3 Å². The van der Waals surface area contributed by atoms with Gasteiger partial charge in [-0.2, -0.15) is 13.2 Å². The zero-order chi connectivity index (χ0) is 13.3. The molecule has 0 bridgehead atoms. The van der Waals surface area contributed by atoms with Crippen LogP contribution in [0.25, 0.3) is 0 Å². The summed E-state index contributed by atoms with van der Waals surface area (Å²) in [4.78, 5) is 11.6. The van der Waals surface area contributed by atoms with Crippen molar-refractivity contribution in [2.24, 2.45) is 5.92 Å². The van der Waals surface area contributed by atoms with Gasteiger partial charge in [-0.3, -0.25) is 4.79 Å². The van der Waals surface area contributed by atoms with Gasteiger partial charge in [0.15, 0.2) is 5.78 Å². The van der Waals surface area contributed by atoms with Gasteiger partial charge in [-0.15, -0.1) is 0 Å². The third-order valence-corrected chi connectivity index (χ3v) is 2.48. The number of ketones is 1. The van der Waals surface area contributed by atoms with Crippen LogP contribution in [0, 0.1) is 5.92 Å². The number of alkyl halides is 3. The number of aliphatic hydroxyl groups is 1. The van der Waals surface area contributed by atoms with Gasteiger partial charge in [-0.1, -0.05) is 44.2 Å². The smallest absolute Gasteiger partial charge is 0.370 e. The minimum Gasteiger partial charge on any atom is -0.370 e. The van der Waals surface area contributed by atoms with E-state index in [1.54, 1.807) is 0 Å². The molecule has 0 aliphatic rings. The monoisotopic (exact) mass is 246 g/mol. The van der Waals surface area contributed by atoms with E-state index in [9.17, 15) is 23.1 Å². The van der Waals surface area contributed by atoms with Crippen LogP contribution in [0.15, 0.2) is 30.3 Å². The van der Waals surface area contributed by atoms with Crippen LogP contribution in [0.4, 0.5) is 13.2 Å². The van der Waals surface area contributed by atoms with Crippen molar-refractivity contribution in [3.8, 4) is 0 Å². The SMILES string of the molecule is CC(C)C(=O)C(O)(c1ccccc1)C(F)(F)F. The zero-order valence-corrected chi connectivity index (χ0v) is 9.45. The highest BCUT2D eigenvalue weighted by Crippen LogP contribution is 2.41. The minimum absolute atomic E-state index is 0.453.